The third-order valence-electron chi connectivity index (χ3n) is 3.04. The van der Waals surface area contributed by atoms with E-state index in [0.717, 1.165) is 5.56 Å². The van der Waals surface area contributed by atoms with Gasteiger partial charge in [-0.25, -0.2) is 14.6 Å². The fourth-order valence-corrected chi connectivity index (χ4v) is 1.91. The lowest BCUT2D eigenvalue weighted by molar-refractivity contribution is 0.655. The number of H-pyrrole nitrogens is 1. The Labute approximate surface area is 115 Å². The van der Waals surface area contributed by atoms with Gasteiger partial charge in [-0.15, -0.1) is 0 Å². The van der Waals surface area contributed by atoms with Gasteiger partial charge in [-0.05, 0) is 12.5 Å². The van der Waals surface area contributed by atoms with Crippen LogP contribution < -0.4 is 5.73 Å². The molecule has 0 saturated heterocycles. The van der Waals surface area contributed by atoms with Crippen molar-refractivity contribution in [1.29, 1.82) is 0 Å². The molecule has 0 spiro atoms. The van der Waals surface area contributed by atoms with E-state index in [9.17, 15) is 0 Å². The number of nitrogens with two attached hydrogens (primary N) is 1. The molecule has 0 saturated carbocycles. The normalized spacial score (nSPS) is 12.5. The summed E-state index contributed by atoms with van der Waals surface area (Å²) in [6.07, 6.45) is 3.11. The molecule has 0 aliphatic rings. The van der Waals surface area contributed by atoms with Crippen LogP contribution in [-0.2, 0) is 6.54 Å². The molecule has 3 aromatic rings. The molecule has 0 bridgehead atoms. The average Bonchev–Trinajstić information content (AvgIpc) is 3.11. The lowest BCUT2D eigenvalue weighted by Crippen LogP contribution is -2.13. The molecular weight excluding hydrogens is 254 g/mol. The van der Waals surface area contributed by atoms with Crippen molar-refractivity contribution >= 4 is 0 Å². The van der Waals surface area contributed by atoms with Gasteiger partial charge in [0.05, 0.1) is 6.04 Å². The summed E-state index contributed by atoms with van der Waals surface area (Å²) < 4.78 is 1.67. The molecule has 2 heterocycles. The van der Waals surface area contributed by atoms with Crippen LogP contribution in [-0.4, -0.2) is 29.9 Å². The maximum Gasteiger partial charge on any atom is 0.171 e. The van der Waals surface area contributed by atoms with Crippen LogP contribution in [0.3, 0.4) is 0 Å². The van der Waals surface area contributed by atoms with Crippen LogP contribution in [0.25, 0.3) is 0 Å². The summed E-state index contributed by atoms with van der Waals surface area (Å²) in [7, 11) is 0. The summed E-state index contributed by atoms with van der Waals surface area (Å²) in [5.74, 6) is 1.28. The first-order chi connectivity index (χ1) is 9.72. The summed E-state index contributed by atoms with van der Waals surface area (Å²) in [5.41, 5.74) is 8.36. The van der Waals surface area contributed by atoms with E-state index in [4.69, 9.17) is 5.73 Å². The van der Waals surface area contributed by atoms with E-state index in [1.165, 1.54) is 11.9 Å². The molecule has 0 unspecified atom stereocenters. The van der Waals surface area contributed by atoms with Gasteiger partial charge in [0, 0.05) is 0 Å². The highest BCUT2D eigenvalue weighted by molar-refractivity contribution is 5.27. The number of aromatic amines is 1. The van der Waals surface area contributed by atoms with E-state index in [-0.39, 0.29) is 6.04 Å². The van der Waals surface area contributed by atoms with Gasteiger partial charge in [-0.1, -0.05) is 29.8 Å². The number of nitrogens with one attached hydrogen (secondary N) is 1. The fraction of sp³-hybridized carbons (Fsp3) is 0.231. The number of aryl methyl sites for hydroxylation is 1. The average molecular weight is 269 g/mol. The first-order valence-electron chi connectivity index (χ1n) is 6.28. The minimum Gasteiger partial charge on any atom is -0.318 e. The van der Waals surface area contributed by atoms with Gasteiger partial charge in [0.2, 0.25) is 0 Å². The van der Waals surface area contributed by atoms with E-state index >= 15 is 0 Å². The van der Waals surface area contributed by atoms with Crippen molar-refractivity contribution in [2.24, 2.45) is 5.73 Å². The highest BCUT2D eigenvalue weighted by atomic mass is 15.3. The molecule has 7 nitrogen and oxygen atoms in total. The van der Waals surface area contributed by atoms with Crippen molar-refractivity contribution in [3.8, 4) is 0 Å². The van der Waals surface area contributed by atoms with Gasteiger partial charge in [0.25, 0.3) is 0 Å². The van der Waals surface area contributed by atoms with Crippen LogP contribution >= 0.6 is 0 Å². The third-order valence-corrected chi connectivity index (χ3v) is 3.04. The Morgan fingerprint density at radius 2 is 2.10 bits per heavy atom. The second-order valence-electron chi connectivity index (χ2n) is 4.62. The van der Waals surface area contributed by atoms with E-state index in [1.54, 1.807) is 11.0 Å². The summed E-state index contributed by atoms with van der Waals surface area (Å²) >= 11 is 0. The Kier molecular flexibility index (Phi) is 3.26. The van der Waals surface area contributed by atoms with Crippen LogP contribution in [0.1, 0.15) is 28.8 Å². The molecule has 0 fully saturated rings. The number of benzene rings is 1. The molecule has 0 aliphatic heterocycles. The second kappa shape index (κ2) is 5.22. The molecule has 1 atom stereocenters. The number of aromatic nitrogens is 6. The van der Waals surface area contributed by atoms with Crippen molar-refractivity contribution in [3.63, 3.8) is 0 Å². The zero-order chi connectivity index (χ0) is 13.9. The molecular formula is C13H15N7. The summed E-state index contributed by atoms with van der Waals surface area (Å²) in [6.45, 7) is 2.53. The van der Waals surface area contributed by atoms with E-state index in [2.05, 4.69) is 25.3 Å². The smallest absolute Gasteiger partial charge is 0.171 e. The summed E-state index contributed by atoms with van der Waals surface area (Å²) in [4.78, 5) is 8.28. The highest BCUT2D eigenvalue weighted by Crippen LogP contribution is 2.16. The topological polar surface area (TPSA) is 98.3 Å². The standard InChI is InChI=1S/C13H15N7/c1-9-2-4-10(5-3-9)12(14)13-17-11(18-19-13)6-20-8-15-7-16-20/h2-5,7-8,12H,6,14H2,1H3,(H,17,18,19)/t12-/m0/s1. The van der Waals surface area contributed by atoms with Gasteiger partial charge in [-0.3, -0.25) is 5.10 Å². The predicted octanol–water partition coefficient (Wildman–Crippen LogP) is 0.801. The highest BCUT2D eigenvalue weighted by Gasteiger charge is 2.14. The third kappa shape index (κ3) is 2.57. The molecule has 3 rings (SSSR count). The van der Waals surface area contributed by atoms with E-state index in [1.807, 2.05) is 31.2 Å². The Balaban J connectivity index is 1.77. The summed E-state index contributed by atoms with van der Waals surface area (Å²) in [6, 6.07) is 7.70. The van der Waals surface area contributed by atoms with Gasteiger partial charge in [0.1, 0.15) is 25.0 Å². The predicted molar refractivity (Wildman–Crippen MR) is 72.7 cm³/mol. The lowest BCUT2D eigenvalue weighted by Gasteiger charge is -2.07. The molecule has 1 aromatic carbocycles. The Bertz CT molecular complexity index is 669. The Morgan fingerprint density at radius 3 is 2.80 bits per heavy atom. The van der Waals surface area contributed by atoms with Gasteiger partial charge in [0.15, 0.2) is 5.82 Å². The van der Waals surface area contributed by atoms with Crippen LogP contribution in [0.2, 0.25) is 0 Å². The first kappa shape index (κ1) is 12.5. The van der Waals surface area contributed by atoms with Crippen LogP contribution in [0.4, 0.5) is 0 Å². The Morgan fingerprint density at radius 1 is 1.30 bits per heavy atom. The molecule has 0 aliphatic carbocycles. The first-order valence-corrected chi connectivity index (χ1v) is 6.28. The molecule has 3 N–H and O–H groups in total. The van der Waals surface area contributed by atoms with Crippen molar-refractivity contribution in [2.45, 2.75) is 19.5 Å². The van der Waals surface area contributed by atoms with Crippen LogP contribution in [0.15, 0.2) is 36.9 Å². The van der Waals surface area contributed by atoms with E-state index in [0.29, 0.717) is 18.2 Å². The second-order valence-corrected chi connectivity index (χ2v) is 4.62. The molecule has 2 aromatic heterocycles. The van der Waals surface area contributed by atoms with Crippen molar-refractivity contribution in [1.82, 2.24) is 29.9 Å². The summed E-state index contributed by atoms with van der Waals surface area (Å²) in [5, 5.41) is 11.1. The number of nitrogens with zero attached hydrogens (tertiary/aromatic N) is 5. The maximum absolute atomic E-state index is 6.17. The number of rotatable bonds is 4. The van der Waals surface area contributed by atoms with Crippen molar-refractivity contribution in [3.05, 3.63) is 59.7 Å². The molecule has 0 radical (unpaired) electrons. The minimum atomic E-state index is -0.337. The van der Waals surface area contributed by atoms with E-state index < -0.39 is 0 Å². The largest absolute Gasteiger partial charge is 0.318 e. The van der Waals surface area contributed by atoms with Crippen LogP contribution in [0, 0.1) is 6.92 Å². The monoisotopic (exact) mass is 269 g/mol. The van der Waals surface area contributed by atoms with Gasteiger partial charge in [-0.2, -0.15) is 10.2 Å². The van der Waals surface area contributed by atoms with Crippen molar-refractivity contribution < 1.29 is 0 Å². The molecule has 7 heteroatoms. The minimum absolute atomic E-state index is 0.337. The van der Waals surface area contributed by atoms with Crippen LogP contribution in [0.5, 0.6) is 0 Å². The molecule has 102 valence electrons. The fourth-order valence-electron chi connectivity index (χ4n) is 1.91. The van der Waals surface area contributed by atoms with Crippen molar-refractivity contribution in [2.75, 3.05) is 0 Å². The molecule has 0 amide bonds. The zero-order valence-corrected chi connectivity index (χ0v) is 11.1. The maximum atomic E-state index is 6.17. The zero-order valence-electron chi connectivity index (χ0n) is 11.1. The lowest BCUT2D eigenvalue weighted by atomic mass is 10.1. The molecule has 20 heavy (non-hydrogen) atoms. The number of hydrogen-bond acceptors (Lipinski definition) is 5. The SMILES string of the molecule is Cc1ccc([C@H](N)c2n[nH]c(Cn3cncn3)n2)cc1. The number of hydrogen-bond donors (Lipinski definition) is 2. The van der Waals surface area contributed by atoms with Gasteiger partial charge < -0.3 is 5.73 Å². The van der Waals surface area contributed by atoms with Gasteiger partial charge >= 0.3 is 0 Å². The Hall–Kier alpha value is -2.54. The quantitative estimate of drug-likeness (QED) is 0.730.